The van der Waals surface area contributed by atoms with Crippen LogP contribution in [-0.4, -0.2) is 44.6 Å². The number of fused-ring (bicyclic) bond motifs is 1. The molecule has 7 heteroatoms. The second-order valence-electron chi connectivity index (χ2n) is 5.24. The number of nitrogens with zero attached hydrogens (tertiary/aromatic N) is 1. The Kier molecular flexibility index (Phi) is 4.97. The van der Waals surface area contributed by atoms with Gasteiger partial charge in [-0.2, -0.15) is 0 Å². The van der Waals surface area contributed by atoms with Gasteiger partial charge in [0.25, 0.3) is 11.9 Å². The first-order chi connectivity index (χ1) is 11.3. The van der Waals surface area contributed by atoms with E-state index in [1.807, 2.05) is 6.92 Å². The van der Waals surface area contributed by atoms with Crippen LogP contribution in [0.4, 0.5) is 0 Å². The van der Waals surface area contributed by atoms with Crippen molar-refractivity contribution >= 4 is 11.9 Å². The highest BCUT2D eigenvalue weighted by atomic mass is 16.7. The van der Waals surface area contributed by atoms with E-state index in [9.17, 15) is 4.79 Å². The second-order valence-corrected chi connectivity index (χ2v) is 5.24. The number of amidine groups is 1. The van der Waals surface area contributed by atoms with E-state index in [2.05, 4.69) is 10.3 Å². The summed E-state index contributed by atoms with van der Waals surface area (Å²) in [4.78, 5) is 16.6. The third-order valence-electron chi connectivity index (χ3n) is 3.60. The van der Waals surface area contributed by atoms with E-state index in [-0.39, 0.29) is 24.8 Å². The lowest BCUT2D eigenvalue weighted by Crippen LogP contribution is -2.33. The molecule has 0 spiro atoms. The first-order valence-corrected chi connectivity index (χ1v) is 7.76. The van der Waals surface area contributed by atoms with Crippen molar-refractivity contribution in [3.05, 3.63) is 23.8 Å². The van der Waals surface area contributed by atoms with E-state index >= 15 is 0 Å². The maximum Gasteiger partial charge on any atom is 0.291 e. The topological polar surface area (TPSA) is 78.4 Å². The molecule has 1 saturated heterocycles. The zero-order chi connectivity index (χ0) is 16.1. The average molecular weight is 320 g/mol. The van der Waals surface area contributed by atoms with Gasteiger partial charge in [0.05, 0.1) is 19.3 Å². The van der Waals surface area contributed by atoms with Crippen molar-refractivity contribution in [3.8, 4) is 11.5 Å². The molecule has 0 aliphatic carbocycles. The molecule has 1 atom stereocenters. The minimum atomic E-state index is -0.303. The molecule has 2 aliphatic heterocycles. The second kappa shape index (κ2) is 7.32. The van der Waals surface area contributed by atoms with Gasteiger partial charge in [-0.15, -0.1) is 0 Å². The van der Waals surface area contributed by atoms with Gasteiger partial charge in [-0.1, -0.05) is 0 Å². The fourth-order valence-corrected chi connectivity index (χ4v) is 2.44. The Labute approximate surface area is 134 Å². The standard InChI is InChI=1S/C16H20N2O5/c1-2-20-16(17-9-12-4-3-7-21-12)18-15(19)11-5-6-13-14(8-11)23-10-22-13/h5-6,8,12H,2-4,7,9-10H2,1H3,(H,17,18,19). The van der Waals surface area contributed by atoms with Crippen molar-refractivity contribution in [3.63, 3.8) is 0 Å². The summed E-state index contributed by atoms with van der Waals surface area (Å²) in [5.74, 6) is 0.897. The Morgan fingerprint density at radius 2 is 2.26 bits per heavy atom. The largest absolute Gasteiger partial charge is 0.465 e. The number of carbonyl (C=O) groups is 1. The van der Waals surface area contributed by atoms with Crippen LogP contribution in [0.3, 0.4) is 0 Å². The maximum atomic E-state index is 12.3. The summed E-state index contributed by atoms with van der Waals surface area (Å²) in [7, 11) is 0. The molecule has 0 aromatic heterocycles. The predicted molar refractivity (Wildman–Crippen MR) is 82.9 cm³/mol. The first-order valence-electron chi connectivity index (χ1n) is 7.76. The van der Waals surface area contributed by atoms with Gasteiger partial charge in [-0.3, -0.25) is 10.1 Å². The van der Waals surface area contributed by atoms with Crippen LogP contribution in [0.2, 0.25) is 0 Å². The van der Waals surface area contributed by atoms with Crippen LogP contribution in [-0.2, 0) is 9.47 Å². The van der Waals surface area contributed by atoms with Crippen LogP contribution in [0.15, 0.2) is 23.2 Å². The van der Waals surface area contributed by atoms with Crippen LogP contribution in [0.5, 0.6) is 11.5 Å². The molecule has 2 heterocycles. The Bertz CT molecular complexity index is 596. The molecule has 1 amide bonds. The summed E-state index contributed by atoms with van der Waals surface area (Å²) >= 11 is 0. The summed E-state index contributed by atoms with van der Waals surface area (Å²) in [6.07, 6.45) is 2.14. The third kappa shape index (κ3) is 3.92. The van der Waals surface area contributed by atoms with Crippen molar-refractivity contribution in [1.29, 1.82) is 0 Å². The van der Waals surface area contributed by atoms with Crippen molar-refractivity contribution in [2.75, 3.05) is 26.6 Å². The zero-order valence-electron chi connectivity index (χ0n) is 13.0. The monoisotopic (exact) mass is 320 g/mol. The quantitative estimate of drug-likeness (QED) is 0.675. The predicted octanol–water partition coefficient (Wildman–Crippen LogP) is 1.72. The molecule has 0 saturated carbocycles. The van der Waals surface area contributed by atoms with E-state index in [4.69, 9.17) is 18.9 Å². The van der Waals surface area contributed by atoms with E-state index < -0.39 is 0 Å². The van der Waals surface area contributed by atoms with Gasteiger partial charge in [0, 0.05) is 12.2 Å². The molecule has 7 nitrogen and oxygen atoms in total. The number of hydrogen-bond acceptors (Lipinski definition) is 6. The SMILES string of the molecule is CCOC(=NCC1CCCO1)NC(=O)c1ccc2c(c1)OCO2. The fourth-order valence-electron chi connectivity index (χ4n) is 2.44. The van der Waals surface area contributed by atoms with E-state index in [1.54, 1.807) is 18.2 Å². The summed E-state index contributed by atoms with van der Waals surface area (Å²) < 4.78 is 21.4. The highest BCUT2D eigenvalue weighted by Gasteiger charge is 2.18. The third-order valence-corrected chi connectivity index (χ3v) is 3.60. The van der Waals surface area contributed by atoms with E-state index in [0.717, 1.165) is 19.4 Å². The van der Waals surface area contributed by atoms with E-state index in [0.29, 0.717) is 30.2 Å². The first kappa shape index (κ1) is 15.6. The molecule has 1 aromatic carbocycles. The smallest absolute Gasteiger partial charge is 0.291 e. The lowest BCUT2D eigenvalue weighted by Gasteiger charge is -2.11. The van der Waals surface area contributed by atoms with Crippen molar-refractivity contribution in [1.82, 2.24) is 5.32 Å². The molecule has 124 valence electrons. The Balaban J connectivity index is 1.64. The normalized spacial score (nSPS) is 19.7. The molecular formula is C16H20N2O5. The lowest BCUT2D eigenvalue weighted by atomic mass is 10.2. The van der Waals surface area contributed by atoms with Crippen LogP contribution in [0.25, 0.3) is 0 Å². The Morgan fingerprint density at radius 3 is 3.04 bits per heavy atom. The fraction of sp³-hybridized carbons (Fsp3) is 0.500. The number of hydrogen-bond donors (Lipinski definition) is 1. The van der Waals surface area contributed by atoms with Gasteiger partial charge in [0.15, 0.2) is 11.5 Å². The number of benzene rings is 1. The molecule has 1 aromatic rings. The molecule has 1 unspecified atom stereocenters. The molecule has 1 N–H and O–H groups in total. The summed E-state index contributed by atoms with van der Waals surface area (Å²) in [6.45, 7) is 3.69. The molecule has 3 rings (SSSR count). The summed E-state index contributed by atoms with van der Waals surface area (Å²) in [6, 6.07) is 5.24. The minimum Gasteiger partial charge on any atom is -0.465 e. The number of rotatable bonds is 4. The number of aliphatic imine (C=N–C) groups is 1. The number of amides is 1. The molecule has 23 heavy (non-hydrogen) atoms. The van der Waals surface area contributed by atoms with Gasteiger partial charge in [0.1, 0.15) is 0 Å². The van der Waals surface area contributed by atoms with Crippen molar-refractivity contribution < 1.29 is 23.7 Å². The molecule has 2 aliphatic rings. The van der Waals surface area contributed by atoms with Crippen LogP contribution in [0.1, 0.15) is 30.1 Å². The zero-order valence-corrected chi connectivity index (χ0v) is 13.0. The van der Waals surface area contributed by atoms with Crippen LogP contribution < -0.4 is 14.8 Å². The van der Waals surface area contributed by atoms with Gasteiger partial charge in [-0.25, -0.2) is 4.99 Å². The summed E-state index contributed by atoms with van der Waals surface area (Å²) in [5.41, 5.74) is 0.457. The Morgan fingerprint density at radius 1 is 1.39 bits per heavy atom. The summed E-state index contributed by atoms with van der Waals surface area (Å²) in [5, 5.41) is 2.69. The van der Waals surface area contributed by atoms with E-state index in [1.165, 1.54) is 0 Å². The molecule has 1 fully saturated rings. The number of nitrogens with one attached hydrogen (secondary N) is 1. The van der Waals surface area contributed by atoms with Gasteiger partial charge in [0.2, 0.25) is 6.79 Å². The minimum absolute atomic E-state index is 0.105. The van der Waals surface area contributed by atoms with Crippen LogP contribution >= 0.6 is 0 Å². The average Bonchev–Trinajstić information content (AvgIpc) is 3.23. The number of ether oxygens (including phenoxy) is 4. The lowest BCUT2D eigenvalue weighted by molar-refractivity contribution is 0.0963. The van der Waals surface area contributed by atoms with Crippen molar-refractivity contribution in [2.24, 2.45) is 4.99 Å². The maximum absolute atomic E-state index is 12.3. The van der Waals surface area contributed by atoms with Crippen LogP contribution in [0, 0.1) is 0 Å². The van der Waals surface area contributed by atoms with Gasteiger partial charge >= 0.3 is 0 Å². The molecular weight excluding hydrogens is 300 g/mol. The van der Waals surface area contributed by atoms with Gasteiger partial charge in [-0.05, 0) is 38.0 Å². The van der Waals surface area contributed by atoms with Crippen molar-refractivity contribution in [2.45, 2.75) is 25.9 Å². The molecule has 0 bridgehead atoms. The highest BCUT2D eigenvalue weighted by molar-refractivity contribution is 6.04. The van der Waals surface area contributed by atoms with Gasteiger partial charge < -0.3 is 18.9 Å². The highest BCUT2D eigenvalue weighted by Crippen LogP contribution is 2.32. The number of carbonyl (C=O) groups excluding carboxylic acids is 1. The Hall–Kier alpha value is -2.28. The molecule has 0 radical (unpaired) electrons.